The summed E-state index contributed by atoms with van der Waals surface area (Å²) in [6.07, 6.45) is -3.86. The van der Waals surface area contributed by atoms with E-state index in [0.717, 1.165) is 12.1 Å². The van der Waals surface area contributed by atoms with Gasteiger partial charge in [0.15, 0.2) is 11.5 Å². The van der Waals surface area contributed by atoms with Crippen LogP contribution < -0.4 is 0 Å². The zero-order valence-corrected chi connectivity index (χ0v) is 10.00. The average Bonchev–Trinajstić information content (AvgIpc) is 2.31. The van der Waals surface area contributed by atoms with Crippen LogP contribution in [0.15, 0.2) is 30.5 Å². The molecule has 0 spiro atoms. The number of hydrogen-bond donors (Lipinski definition) is 2. The monoisotopic (exact) mass is 329 g/mol. The molecular weight excluding hydrogens is 322 g/mol. The van der Waals surface area contributed by atoms with Gasteiger partial charge >= 0.3 is 57.6 Å². The number of halogens is 4. The van der Waals surface area contributed by atoms with Crippen molar-refractivity contribution in [2.24, 2.45) is 0 Å². The topological polar surface area (TPSA) is 53.4 Å². The van der Waals surface area contributed by atoms with E-state index in [1.165, 1.54) is 12.1 Å². The van der Waals surface area contributed by atoms with Crippen LogP contribution in [-0.4, -0.2) is 66.6 Å². The van der Waals surface area contributed by atoms with Crippen molar-refractivity contribution in [1.82, 2.24) is 4.98 Å². The van der Waals surface area contributed by atoms with Gasteiger partial charge in [-0.05, 0) is 24.3 Å². The van der Waals surface area contributed by atoms with Gasteiger partial charge in [-0.3, -0.25) is 4.98 Å². The third-order valence-electron chi connectivity index (χ3n) is 2.42. The minimum absolute atomic E-state index is 0. The van der Waals surface area contributed by atoms with Gasteiger partial charge in [-0.2, -0.15) is 13.2 Å². The van der Waals surface area contributed by atoms with E-state index in [2.05, 4.69) is 4.98 Å². The predicted octanol–water partition coefficient (Wildman–Crippen LogP) is 3.18. The van der Waals surface area contributed by atoms with E-state index in [9.17, 15) is 18.3 Å². The molecule has 2 N–H and O–H groups in total. The number of phenolic OH excluding ortho intramolecular Hbond substituents is 2. The van der Waals surface area contributed by atoms with Crippen LogP contribution in [0.3, 0.4) is 0 Å². The Balaban J connectivity index is 0.00000200. The number of aromatic hydroxyl groups is 2. The maximum absolute atomic E-state index is 12.4. The summed E-state index contributed by atoms with van der Waals surface area (Å²) in [5, 5.41) is 18.3. The number of nitrogens with zero attached hydrogens (tertiary/aromatic N) is 1. The van der Waals surface area contributed by atoms with Crippen molar-refractivity contribution >= 4 is 63.0 Å². The molecule has 1 heterocycles. The molecule has 0 amide bonds. The van der Waals surface area contributed by atoms with Crippen LogP contribution in [0, 0.1) is 0 Å². The molecule has 2 rings (SSSR count). The summed E-state index contributed by atoms with van der Waals surface area (Å²) >= 11 is 5.76. The third kappa shape index (κ3) is 3.87. The first kappa shape index (κ1) is 17.7. The molecule has 0 atom stereocenters. The van der Waals surface area contributed by atoms with E-state index in [1.54, 1.807) is 0 Å². The van der Waals surface area contributed by atoms with E-state index >= 15 is 0 Å². The Kier molecular flexibility index (Phi) is 5.88. The molecule has 0 aliphatic carbocycles. The number of phenols is 2. The summed E-state index contributed by atoms with van der Waals surface area (Å²) in [5.74, 6) is -0.748. The fourth-order valence-electron chi connectivity index (χ4n) is 1.48. The Bertz CT molecular complexity index is 635. The fraction of sp³-hybridized carbons (Fsp3) is 0.0833. The second kappa shape index (κ2) is 6.63. The van der Waals surface area contributed by atoms with Crippen molar-refractivity contribution in [3.63, 3.8) is 0 Å². The van der Waals surface area contributed by atoms with Crippen LogP contribution in [-0.2, 0) is 6.18 Å². The van der Waals surface area contributed by atoms with E-state index in [4.69, 9.17) is 16.7 Å². The normalized spacial score (nSPS) is 11.0. The molecule has 0 aliphatic rings. The van der Waals surface area contributed by atoms with Crippen LogP contribution in [0.5, 0.6) is 11.5 Å². The summed E-state index contributed by atoms with van der Waals surface area (Å²) in [4.78, 5) is 3.64. The third-order valence-corrected chi connectivity index (χ3v) is 2.71. The zero-order chi connectivity index (χ0) is 14.2. The molecule has 2 aromatic rings. The van der Waals surface area contributed by atoms with Crippen molar-refractivity contribution in [1.29, 1.82) is 0 Å². The molecule has 8 heteroatoms. The Morgan fingerprint density at radius 1 is 1.05 bits per heavy atom. The van der Waals surface area contributed by atoms with Gasteiger partial charge in [0.25, 0.3) is 0 Å². The first-order valence-corrected chi connectivity index (χ1v) is 5.42. The van der Waals surface area contributed by atoms with Crippen molar-refractivity contribution < 1.29 is 23.4 Å². The standard InChI is InChI=1S/C12H7ClF3NO2.K.H/c13-8-4-7(12(14,15)16)5-17-11(8)6-1-2-9(18)10(19)3-6;;/h1-5,18-19H;;. The van der Waals surface area contributed by atoms with Gasteiger partial charge in [-0.1, -0.05) is 11.6 Å². The number of aromatic nitrogens is 1. The average molecular weight is 330 g/mol. The maximum atomic E-state index is 12.4. The molecule has 3 nitrogen and oxygen atoms in total. The Labute approximate surface area is 159 Å². The number of rotatable bonds is 1. The van der Waals surface area contributed by atoms with Crippen LogP contribution in [0.25, 0.3) is 11.3 Å². The molecule has 20 heavy (non-hydrogen) atoms. The second-order valence-electron chi connectivity index (χ2n) is 3.76. The molecule has 0 saturated heterocycles. The number of benzene rings is 1. The molecule has 0 bridgehead atoms. The van der Waals surface area contributed by atoms with Crippen molar-refractivity contribution in [2.75, 3.05) is 0 Å². The predicted molar refractivity (Wildman–Crippen MR) is 70.2 cm³/mol. The van der Waals surface area contributed by atoms with Gasteiger partial charge in [0.2, 0.25) is 0 Å². The van der Waals surface area contributed by atoms with Crippen LogP contribution in [0.1, 0.15) is 5.56 Å². The van der Waals surface area contributed by atoms with Crippen molar-refractivity contribution in [3.05, 3.63) is 41.0 Å². The van der Waals surface area contributed by atoms with E-state index in [-0.39, 0.29) is 67.9 Å². The van der Waals surface area contributed by atoms with Crippen molar-refractivity contribution in [3.8, 4) is 22.8 Å². The van der Waals surface area contributed by atoms with E-state index in [0.29, 0.717) is 11.8 Å². The van der Waals surface area contributed by atoms with Gasteiger partial charge in [0.05, 0.1) is 16.3 Å². The number of hydrogen-bond acceptors (Lipinski definition) is 3. The van der Waals surface area contributed by atoms with Crippen LogP contribution in [0.2, 0.25) is 5.02 Å². The Hall–Kier alpha value is -0.314. The SMILES string of the molecule is Oc1ccc(-c2ncc(C(F)(F)F)cc2Cl)cc1O.[KH]. The summed E-state index contributed by atoms with van der Waals surface area (Å²) < 4.78 is 37.3. The molecule has 1 aromatic carbocycles. The minimum atomic E-state index is -4.52. The van der Waals surface area contributed by atoms with Gasteiger partial charge < -0.3 is 10.2 Å². The molecule has 0 radical (unpaired) electrons. The number of alkyl halides is 3. The molecule has 0 saturated carbocycles. The number of pyridine rings is 1. The summed E-state index contributed by atoms with van der Waals surface area (Å²) in [6.45, 7) is 0. The molecule has 102 valence electrons. The first-order chi connectivity index (χ1) is 8.79. The van der Waals surface area contributed by atoms with Gasteiger partial charge in [0, 0.05) is 11.8 Å². The van der Waals surface area contributed by atoms with E-state index < -0.39 is 17.5 Å². The molecule has 0 fully saturated rings. The molecular formula is C12H8ClF3KNO2. The van der Waals surface area contributed by atoms with Gasteiger partial charge in [-0.25, -0.2) is 0 Å². The van der Waals surface area contributed by atoms with Crippen LogP contribution >= 0.6 is 11.6 Å². The zero-order valence-electron chi connectivity index (χ0n) is 9.24. The van der Waals surface area contributed by atoms with Gasteiger partial charge in [0.1, 0.15) is 0 Å². The summed E-state index contributed by atoms with van der Waals surface area (Å²) in [6, 6.07) is 4.50. The van der Waals surface area contributed by atoms with Crippen LogP contribution in [0.4, 0.5) is 13.2 Å². The summed E-state index contributed by atoms with van der Waals surface area (Å²) in [5.41, 5.74) is -0.566. The molecule has 1 aromatic heterocycles. The second-order valence-corrected chi connectivity index (χ2v) is 4.16. The summed E-state index contributed by atoms with van der Waals surface area (Å²) in [7, 11) is 0. The molecule has 0 unspecified atom stereocenters. The van der Waals surface area contributed by atoms with Crippen molar-refractivity contribution in [2.45, 2.75) is 6.18 Å². The van der Waals surface area contributed by atoms with E-state index in [1.807, 2.05) is 0 Å². The first-order valence-electron chi connectivity index (χ1n) is 5.04. The van der Waals surface area contributed by atoms with Gasteiger partial charge in [-0.15, -0.1) is 0 Å². The molecule has 0 aliphatic heterocycles. The Morgan fingerprint density at radius 3 is 2.20 bits per heavy atom. The fourth-order valence-corrected chi connectivity index (χ4v) is 1.75. The quantitative estimate of drug-likeness (QED) is 0.624. The Morgan fingerprint density at radius 2 is 1.70 bits per heavy atom.